The molecule has 0 amide bonds. The van der Waals surface area contributed by atoms with E-state index in [0.717, 1.165) is 11.1 Å². The minimum atomic E-state index is -0.630. The molecule has 1 atom stereocenters. The van der Waals surface area contributed by atoms with Gasteiger partial charge in [0.1, 0.15) is 5.75 Å². The molecule has 7 nitrogen and oxygen atoms in total. The quantitative estimate of drug-likeness (QED) is 0.430. The van der Waals surface area contributed by atoms with Gasteiger partial charge in [0.25, 0.3) is 5.56 Å². The Bertz CT molecular complexity index is 1420. The molecule has 2 heterocycles. The first-order valence-corrected chi connectivity index (χ1v) is 11.2. The van der Waals surface area contributed by atoms with Crippen LogP contribution in [0.15, 0.2) is 75.7 Å². The minimum absolute atomic E-state index is 0.227. The molecule has 1 aromatic heterocycles. The number of benzene rings is 2. The van der Waals surface area contributed by atoms with Crippen LogP contribution < -0.4 is 19.6 Å². The summed E-state index contributed by atoms with van der Waals surface area (Å²) in [6.07, 6.45) is 1.76. The predicted octanol–water partition coefficient (Wildman–Crippen LogP) is 2.72. The maximum Gasteiger partial charge on any atom is 0.338 e. The number of allylic oxidation sites excluding steroid dienone is 1. The monoisotopic (exact) mass is 462 g/mol. The highest BCUT2D eigenvalue weighted by molar-refractivity contribution is 7.07. The SMILES string of the molecule is CCOC(=O)C1=C(C)N=c2sc(=Cc3ccc(OC(C)=O)cc3)c(=O)n2[C@@H]1c1ccccc1. The fraction of sp³-hybridized carbons (Fsp3) is 0.200. The van der Waals surface area contributed by atoms with Gasteiger partial charge in [-0.15, -0.1) is 0 Å². The Hall–Kier alpha value is -3.78. The number of fused-ring (bicyclic) bond motifs is 1. The van der Waals surface area contributed by atoms with Gasteiger partial charge >= 0.3 is 11.9 Å². The Labute approximate surface area is 193 Å². The first-order valence-electron chi connectivity index (χ1n) is 10.4. The highest BCUT2D eigenvalue weighted by Crippen LogP contribution is 2.30. The molecule has 0 saturated heterocycles. The van der Waals surface area contributed by atoms with Crippen LogP contribution in [-0.4, -0.2) is 23.1 Å². The first kappa shape index (κ1) is 22.4. The van der Waals surface area contributed by atoms with Gasteiger partial charge in [0, 0.05) is 6.92 Å². The summed E-state index contributed by atoms with van der Waals surface area (Å²) < 4.78 is 12.4. The van der Waals surface area contributed by atoms with E-state index in [9.17, 15) is 14.4 Å². The lowest BCUT2D eigenvalue weighted by Gasteiger charge is -2.24. The number of carbonyl (C=O) groups is 2. The van der Waals surface area contributed by atoms with Crippen molar-refractivity contribution in [2.45, 2.75) is 26.8 Å². The molecular weight excluding hydrogens is 440 g/mol. The molecule has 3 aromatic rings. The first-order chi connectivity index (χ1) is 15.9. The Kier molecular flexibility index (Phi) is 6.37. The second kappa shape index (κ2) is 9.38. The third-order valence-electron chi connectivity index (χ3n) is 5.07. The second-order valence-electron chi connectivity index (χ2n) is 7.38. The number of nitrogens with zero attached hydrogens (tertiary/aromatic N) is 2. The lowest BCUT2D eigenvalue weighted by molar-refractivity contribution is -0.139. The van der Waals surface area contributed by atoms with Gasteiger partial charge in [-0.25, -0.2) is 9.79 Å². The Morgan fingerprint density at radius 2 is 1.82 bits per heavy atom. The Balaban J connectivity index is 1.85. The highest BCUT2D eigenvalue weighted by atomic mass is 32.1. The van der Waals surface area contributed by atoms with Crippen molar-refractivity contribution in [2.24, 2.45) is 4.99 Å². The van der Waals surface area contributed by atoms with Crippen molar-refractivity contribution < 1.29 is 19.1 Å². The van der Waals surface area contributed by atoms with Crippen molar-refractivity contribution in [3.8, 4) is 5.75 Å². The molecule has 0 N–H and O–H groups in total. The average molecular weight is 463 g/mol. The molecule has 0 aliphatic carbocycles. The molecule has 2 aromatic carbocycles. The van der Waals surface area contributed by atoms with E-state index in [2.05, 4.69) is 4.99 Å². The fourth-order valence-electron chi connectivity index (χ4n) is 3.69. The second-order valence-corrected chi connectivity index (χ2v) is 8.38. The van der Waals surface area contributed by atoms with Crippen molar-refractivity contribution in [3.05, 3.63) is 96.7 Å². The van der Waals surface area contributed by atoms with Crippen LogP contribution in [0.3, 0.4) is 0 Å². The van der Waals surface area contributed by atoms with Gasteiger partial charge in [-0.2, -0.15) is 0 Å². The maximum absolute atomic E-state index is 13.5. The van der Waals surface area contributed by atoms with Gasteiger partial charge in [0.05, 0.1) is 28.5 Å². The van der Waals surface area contributed by atoms with Crippen molar-refractivity contribution in [3.63, 3.8) is 0 Å². The van der Waals surface area contributed by atoms with Crippen molar-refractivity contribution in [1.82, 2.24) is 4.57 Å². The molecule has 0 spiro atoms. The summed E-state index contributed by atoms with van der Waals surface area (Å²) in [5.41, 5.74) is 2.21. The summed E-state index contributed by atoms with van der Waals surface area (Å²) in [7, 11) is 0. The zero-order valence-corrected chi connectivity index (χ0v) is 19.2. The zero-order valence-electron chi connectivity index (χ0n) is 18.4. The average Bonchev–Trinajstić information content (AvgIpc) is 3.09. The summed E-state index contributed by atoms with van der Waals surface area (Å²) >= 11 is 1.26. The number of hydrogen-bond acceptors (Lipinski definition) is 7. The number of esters is 2. The van der Waals surface area contributed by atoms with Crippen LogP contribution in [0.5, 0.6) is 5.75 Å². The molecule has 1 aliphatic rings. The van der Waals surface area contributed by atoms with Crippen LogP contribution in [0.1, 0.15) is 37.9 Å². The van der Waals surface area contributed by atoms with Gasteiger partial charge in [0.15, 0.2) is 4.80 Å². The Morgan fingerprint density at radius 3 is 2.45 bits per heavy atom. The molecule has 1 aliphatic heterocycles. The molecule has 33 heavy (non-hydrogen) atoms. The lowest BCUT2D eigenvalue weighted by atomic mass is 9.96. The molecule has 8 heteroatoms. The molecule has 0 fully saturated rings. The largest absolute Gasteiger partial charge is 0.463 e. The number of ether oxygens (including phenoxy) is 2. The molecular formula is C25H22N2O5S. The standard InChI is InChI=1S/C25H22N2O5S/c1-4-31-24(30)21-15(2)26-25-27(22(21)18-8-6-5-7-9-18)23(29)20(33-25)14-17-10-12-19(13-11-17)32-16(3)28/h5-14,22H,4H2,1-3H3/t22-/m1/s1. The van der Waals surface area contributed by atoms with Crippen LogP contribution in [0.4, 0.5) is 0 Å². The summed E-state index contributed by atoms with van der Waals surface area (Å²) in [4.78, 5) is 42.5. The van der Waals surface area contributed by atoms with E-state index < -0.39 is 18.0 Å². The van der Waals surface area contributed by atoms with Crippen molar-refractivity contribution >= 4 is 29.4 Å². The number of hydrogen-bond donors (Lipinski definition) is 0. The molecule has 0 radical (unpaired) electrons. The number of rotatable bonds is 5. The lowest BCUT2D eigenvalue weighted by Crippen LogP contribution is -2.39. The Morgan fingerprint density at radius 1 is 1.12 bits per heavy atom. The zero-order chi connectivity index (χ0) is 23.5. The summed E-state index contributed by atoms with van der Waals surface area (Å²) in [5.74, 6) is -0.451. The van der Waals surface area contributed by atoms with E-state index in [1.54, 1.807) is 48.8 Å². The number of carbonyl (C=O) groups excluding carboxylic acids is 2. The molecule has 4 rings (SSSR count). The molecule has 0 unspecified atom stereocenters. The maximum atomic E-state index is 13.5. The van der Waals surface area contributed by atoms with E-state index >= 15 is 0 Å². The van der Waals surface area contributed by atoms with Crippen molar-refractivity contribution in [1.29, 1.82) is 0 Å². The third kappa shape index (κ3) is 4.56. The van der Waals surface area contributed by atoms with Crippen LogP contribution in [0.2, 0.25) is 0 Å². The highest BCUT2D eigenvalue weighted by Gasteiger charge is 2.33. The molecule has 0 saturated carbocycles. The van der Waals surface area contributed by atoms with E-state index in [4.69, 9.17) is 9.47 Å². The number of aromatic nitrogens is 1. The van der Waals surface area contributed by atoms with E-state index in [1.807, 2.05) is 30.3 Å². The van der Waals surface area contributed by atoms with Crippen LogP contribution in [-0.2, 0) is 14.3 Å². The number of thiazole rings is 1. The van der Waals surface area contributed by atoms with Crippen LogP contribution in [0.25, 0.3) is 6.08 Å². The minimum Gasteiger partial charge on any atom is -0.463 e. The summed E-state index contributed by atoms with van der Waals surface area (Å²) in [5, 5.41) is 0. The van der Waals surface area contributed by atoms with E-state index in [1.165, 1.54) is 18.3 Å². The topological polar surface area (TPSA) is 87.0 Å². The van der Waals surface area contributed by atoms with Crippen molar-refractivity contribution in [2.75, 3.05) is 6.61 Å². The van der Waals surface area contributed by atoms with E-state index in [0.29, 0.717) is 26.4 Å². The summed E-state index contributed by atoms with van der Waals surface area (Å²) in [6, 6.07) is 15.6. The fourth-order valence-corrected chi connectivity index (χ4v) is 4.74. The third-order valence-corrected chi connectivity index (χ3v) is 6.05. The van der Waals surface area contributed by atoms with Gasteiger partial charge in [-0.3, -0.25) is 14.2 Å². The van der Waals surface area contributed by atoms with Gasteiger partial charge < -0.3 is 9.47 Å². The normalized spacial score (nSPS) is 15.6. The smallest absolute Gasteiger partial charge is 0.338 e. The molecule has 0 bridgehead atoms. The van der Waals surface area contributed by atoms with Gasteiger partial charge in [0.2, 0.25) is 0 Å². The predicted molar refractivity (Wildman–Crippen MR) is 125 cm³/mol. The van der Waals surface area contributed by atoms with Crippen LogP contribution >= 0.6 is 11.3 Å². The van der Waals surface area contributed by atoms with Gasteiger partial charge in [-0.1, -0.05) is 53.8 Å². The van der Waals surface area contributed by atoms with Gasteiger partial charge in [-0.05, 0) is 43.2 Å². The van der Waals surface area contributed by atoms with Crippen LogP contribution in [0, 0.1) is 0 Å². The summed E-state index contributed by atoms with van der Waals surface area (Å²) in [6.45, 7) is 5.07. The van der Waals surface area contributed by atoms with E-state index in [-0.39, 0.29) is 12.2 Å². The molecule has 168 valence electrons.